The van der Waals surface area contributed by atoms with E-state index in [1.807, 2.05) is 43.0 Å². The van der Waals surface area contributed by atoms with Crippen molar-refractivity contribution < 1.29 is 9.53 Å². The number of aryl methyl sites for hydroxylation is 3. The summed E-state index contributed by atoms with van der Waals surface area (Å²) in [5, 5.41) is 0.911. The number of methoxy groups -OCH3 is 1. The van der Waals surface area contributed by atoms with E-state index in [-0.39, 0.29) is 29.2 Å². The first kappa shape index (κ1) is 24.7. The number of benzene rings is 1. The predicted octanol–water partition coefficient (Wildman–Crippen LogP) is 1.54. The number of nitrogens with zero attached hydrogens (tertiary/aromatic N) is 6. The molecule has 2 N–H and O–H groups in total. The molecule has 4 aromatic rings. The Balaban J connectivity index is 1.77. The molecule has 0 unspecified atom stereocenters. The zero-order valence-electron chi connectivity index (χ0n) is 21.5. The molecule has 1 fully saturated rings. The number of hydrogen-bond acceptors (Lipinski definition) is 8. The van der Waals surface area contributed by atoms with Crippen molar-refractivity contribution in [2.45, 2.75) is 45.8 Å². The molecule has 0 spiro atoms. The number of rotatable bonds is 5. The summed E-state index contributed by atoms with van der Waals surface area (Å²) < 4.78 is 9.39. The third-order valence-corrected chi connectivity index (χ3v) is 7.11. The molecule has 1 aromatic carbocycles. The van der Waals surface area contributed by atoms with Crippen LogP contribution in [-0.4, -0.2) is 55.9 Å². The largest absolute Gasteiger partial charge is 0.465 e. The van der Waals surface area contributed by atoms with Crippen LogP contribution in [0.3, 0.4) is 0 Å². The molecule has 0 radical (unpaired) electrons. The lowest BCUT2D eigenvalue weighted by Crippen LogP contribution is -2.44. The molecule has 0 amide bonds. The van der Waals surface area contributed by atoms with Gasteiger partial charge in [-0.3, -0.25) is 13.9 Å². The van der Waals surface area contributed by atoms with Crippen molar-refractivity contribution >= 4 is 33.7 Å². The van der Waals surface area contributed by atoms with Gasteiger partial charge in [0.2, 0.25) is 0 Å². The minimum Gasteiger partial charge on any atom is -0.465 e. The Bertz CT molecular complexity index is 1650. The molecule has 1 saturated heterocycles. The summed E-state index contributed by atoms with van der Waals surface area (Å²) >= 11 is 0. The van der Waals surface area contributed by atoms with Gasteiger partial charge in [0, 0.05) is 43.8 Å². The van der Waals surface area contributed by atoms with Crippen LogP contribution < -0.4 is 21.9 Å². The highest BCUT2D eigenvalue weighted by molar-refractivity contribution is 6.08. The van der Waals surface area contributed by atoms with Crippen molar-refractivity contribution in [1.82, 2.24) is 23.7 Å². The highest BCUT2D eigenvalue weighted by atomic mass is 16.5. The van der Waals surface area contributed by atoms with Crippen LogP contribution in [0.25, 0.3) is 21.9 Å². The van der Waals surface area contributed by atoms with E-state index >= 15 is 0 Å². The van der Waals surface area contributed by atoms with Gasteiger partial charge in [-0.1, -0.05) is 18.2 Å². The summed E-state index contributed by atoms with van der Waals surface area (Å²) in [6.07, 6.45) is 1.74. The highest BCUT2D eigenvalue weighted by Crippen LogP contribution is 2.33. The van der Waals surface area contributed by atoms with Crippen LogP contribution in [0.4, 0.5) is 5.82 Å². The fourth-order valence-corrected chi connectivity index (χ4v) is 5.40. The number of fused-ring (bicyclic) bond motifs is 2. The van der Waals surface area contributed by atoms with Crippen LogP contribution in [0.15, 0.2) is 33.9 Å². The molecule has 194 valence electrons. The molecular formula is C26H31N7O4. The summed E-state index contributed by atoms with van der Waals surface area (Å²) in [4.78, 5) is 51.7. The van der Waals surface area contributed by atoms with Crippen molar-refractivity contribution in [3.63, 3.8) is 0 Å². The number of esters is 1. The highest BCUT2D eigenvalue weighted by Gasteiger charge is 2.33. The molecule has 5 rings (SSSR count). The van der Waals surface area contributed by atoms with Crippen molar-refractivity contribution in [3.8, 4) is 0 Å². The monoisotopic (exact) mass is 505 g/mol. The molecule has 11 nitrogen and oxygen atoms in total. The molecule has 1 aliphatic rings. The molecule has 0 bridgehead atoms. The average Bonchev–Trinajstić information content (AvgIpc) is 3.25. The normalized spacial score (nSPS) is 16.0. The molecule has 4 heterocycles. The number of anilines is 1. The Morgan fingerprint density at radius 3 is 2.62 bits per heavy atom. The van der Waals surface area contributed by atoms with Crippen molar-refractivity contribution in [1.29, 1.82) is 0 Å². The number of hydrogen-bond donors (Lipinski definition) is 1. The second-order valence-electron chi connectivity index (χ2n) is 9.46. The van der Waals surface area contributed by atoms with Gasteiger partial charge in [-0.05, 0) is 32.8 Å². The van der Waals surface area contributed by atoms with E-state index in [4.69, 9.17) is 10.5 Å². The van der Waals surface area contributed by atoms with Gasteiger partial charge in [0.1, 0.15) is 22.7 Å². The number of nitrogens with two attached hydrogens (primary N) is 1. The van der Waals surface area contributed by atoms with Gasteiger partial charge in [0.05, 0.1) is 24.7 Å². The van der Waals surface area contributed by atoms with E-state index in [9.17, 15) is 14.4 Å². The third-order valence-electron chi connectivity index (χ3n) is 7.11. The predicted molar refractivity (Wildman–Crippen MR) is 141 cm³/mol. The van der Waals surface area contributed by atoms with E-state index < -0.39 is 17.2 Å². The van der Waals surface area contributed by atoms with Crippen LogP contribution in [-0.2, 0) is 24.9 Å². The first-order valence-electron chi connectivity index (χ1n) is 12.4. The van der Waals surface area contributed by atoms with Gasteiger partial charge in [-0.2, -0.15) is 0 Å². The minimum absolute atomic E-state index is 0.0589. The zero-order valence-corrected chi connectivity index (χ0v) is 21.5. The van der Waals surface area contributed by atoms with Crippen LogP contribution in [0.1, 0.15) is 41.6 Å². The number of piperidine rings is 1. The molecule has 3 aromatic heterocycles. The van der Waals surface area contributed by atoms with Gasteiger partial charge < -0.3 is 19.9 Å². The van der Waals surface area contributed by atoms with Crippen molar-refractivity contribution in [3.05, 3.63) is 62.2 Å². The SMILES string of the molecule is CCn1c(N2CCC[C@@H](N)C2)c(C(=O)OC)c2c1c(=O)n(Cc1nc(C)c3ccccc3n1)c(=O)n2C. The van der Waals surface area contributed by atoms with Crippen molar-refractivity contribution in [2.24, 2.45) is 12.8 Å². The molecule has 0 aliphatic carbocycles. The smallest absolute Gasteiger partial charge is 0.343 e. The lowest BCUT2D eigenvalue weighted by atomic mass is 10.1. The van der Waals surface area contributed by atoms with Gasteiger partial charge >= 0.3 is 11.7 Å². The van der Waals surface area contributed by atoms with Crippen molar-refractivity contribution in [2.75, 3.05) is 25.1 Å². The summed E-state index contributed by atoms with van der Waals surface area (Å²) in [6, 6.07) is 7.54. The summed E-state index contributed by atoms with van der Waals surface area (Å²) in [5.41, 5.74) is 7.40. The van der Waals surface area contributed by atoms with Crippen LogP contribution in [0.2, 0.25) is 0 Å². The molecule has 0 saturated carbocycles. The standard InChI is InChI=1S/C26H31N7O4/c1-5-32-22-21(20(25(35)37-4)23(32)31-12-8-9-16(27)13-31)30(3)26(36)33(24(22)34)14-19-28-15(2)17-10-6-7-11-18(17)29-19/h6-7,10-11,16H,5,8-9,12-14,27H2,1-4H3/t16-/m1/s1. The third kappa shape index (κ3) is 3.99. The number of para-hydroxylation sites is 1. The summed E-state index contributed by atoms with van der Waals surface area (Å²) in [5.74, 6) is 0.314. The lowest BCUT2D eigenvalue weighted by molar-refractivity contribution is 0.0603. The fraction of sp³-hybridized carbons (Fsp3) is 0.423. The molecular weight excluding hydrogens is 474 g/mol. The maximum Gasteiger partial charge on any atom is 0.343 e. The average molecular weight is 506 g/mol. The summed E-state index contributed by atoms with van der Waals surface area (Å²) in [6.45, 7) is 5.30. The Kier molecular flexibility index (Phi) is 6.32. The first-order chi connectivity index (χ1) is 17.8. The Labute approximate surface area is 213 Å². The molecule has 11 heteroatoms. The zero-order chi connectivity index (χ0) is 26.4. The molecule has 1 aliphatic heterocycles. The van der Waals surface area contributed by atoms with Gasteiger partial charge in [0.15, 0.2) is 0 Å². The van der Waals surface area contributed by atoms with Crippen LogP contribution >= 0.6 is 0 Å². The minimum atomic E-state index is -0.605. The Morgan fingerprint density at radius 1 is 1.16 bits per heavy atom. The number of carbonyl (C=O) groups excluding carboxylic acids is 1. The van der Waals surface area contributed by atoms with E-state index in [0.29, 0.717) is 31.3 Å². The van der Waals surface area contributed by atoms with Gasteiger partial charge in [0.25, 0.3) is 5.56 Å². The second kappa shape index (κ2) is 9.47. The Hall–Kier alpha value is -3.99. The number of carbonyl (C=O) groups is 1. The first-order valence-corrected chi connectivity index (χ1v) is 12.4. The maximum absolute atomic E-state index is 13.9. The molecule has 1 atom stereocenters. The Morgan fingerprint density at radius 2 is 1.92 bits per heavy atom. The fourth-order valence-electron chi connectivity index (χ4n) is 5.40. The topological polar surface area (TPSA) is 130 Å². The maximum atomic E-state index is 13.9. The quantitative estimate of drug-likeness (QED) is 0.404. The van der Waals surface area contributed by atoms with E-state index in [1.165, 1.54) is 11.7 Å². The number of aromatic nitrogens is 5. The van der Waals surface area contributed by atoms with E-state index in [1.54, 1.807) is 11.6 Å². The second-order valence-corrected chi connectivity index (χ2v) is 9.46. The van der Waals surface area contributed by atoms with Crippen LogP contribution in [0, 0.1) is 6.92 Å². The number of ether oxygens (including phenoxy) is 1. The molecule has 37 heavy (non-hydrogen) atoms. The van der Waals surface area contributed by atoms with E-state index in [0.717, 1.165) is 34.0 Å². The van der Waals surface area contributed by atoms with Gasteiger partial charge in [-0.25, -0.2) is 19.6 Å². The van der Waals surface area contributed by atoms with E-state index in [2.05, 4.69) is 9.97 Å². The summed E-state index contributed by atoms with van der Waals surface area (Å²) in [7, 11) is 2.85. The van der Waals surface area contributed by atoms with Gasteiger partial charge in [-0.15, -0.1) is 0 Å². The lowest BCUT2D eigenvalue weighted by Gasteiger charge is -2.33. The van der Waals surface area contributed by atoms with Crippen LogP contribution in [0.5, 0.6) is 0 Å².